The molecule has 4 heteroatoms. The zero-order chi connectivity index (χ0) is 14.8. The number of aromatic nitrogens is 2. The number of ether oxygens (including phenoxy) is 1. The summed E-state index contributed by atoms with van der Waals surface area (Å²) in [6.07, 6.45) is 1.05. The van der Waals surface area contributed by atoms with Crippen molar-refractivity contribution in [3.63, 3.8) is 0 Å². The number of imidazole rings is 1. The molecular weight excluding hydrogens is 262 g/mol. The van der Waals surface area contributed by atoms with Crippen LogP contribution in [0.15, 0.2) is 42.5 Å². The molecule has 0 bridgehead atoms. The molecule has 0 spiro atoms. The van der Waals surface area contributed by atoms with Crippen LogP contribution in [-0.2, 0) is 6.54 Å². The highest BCUT2D eigenvalue weighted by atomic mass is 16.5. The lowest BCUT2D eigenvalue weighted by atomic mass is 10.1. The second-order valence-corrected chi connectivity index (χ2v) is 5.03. The summed E-state index contributed by atoms with van der Waals surface area (Å²) in [7, 11) is 1.64. The Labute approximate surface area is 124 Å². The molecule has 3 aromatic rings. The summed E-state index contributed by atoms with van der Waals surface area (Å²) in [6, 6.07) is 13.9. The van der Waals surface area contributed by atoms with Crippen LogP contribution in [0, 0.1) is 0 Å². The van der Waals surface area contributed by atoms with E-state index in [1.807, 2.05) is 36.4 Å². The van der Waals surface area contributed by atoms with Crippen molar-refractivity contribution >= 4 is 16.7 Å². The number of nitrogens with two attached hydrogens (primary N) is 1. The molecule has 2 N–H and O–H groups in total. The Morgan fingerprint density at radius 1 is 1.19 bits per heavy atom. The number of rotatable bonds is 4. The number of fused-ring (bicyclic) bond motifs is 1. The van der Waals surface area contributed by atoms with Gasteiger partial charge in [0, 0.05) is 23.9 Å². The van der Waals surface area contributed by atoms with Gasteiger partial charge in [-0.1, -0.05) is 19.1 Å². The second kappa shape index (κ2) is 5.48. The van der Waals surface area contributed by atoms with Crippen molar-refractivity contribution in [3.05, 3.63) is 42.5 Å². The van der Waals surface area contributed by atoms with Crippen LogP contribution in [0.2, 0.25) is 0 Å². The minimum atomic E-state index is 0.682. The normalized spacial score (nSPS) is 11.0. The standard InChI is InChI=1S/C17H19N3O/c1-3-10-20-16-7-5-4-6-15(16)19-17(20)13-9-8-12(21-2)11-14(13)18/h4-9,11H,3,10,18H2,1-2H3. The van der Waals surface area contributed by atoms with Crippen LogP contribution in [0.25, 0.3) is 22.4 Å². The maximum Gasteiger partial charge on any atom is 0.143 e. The Bertz CT molecular complexity index is 777. The molecule has 108 valence electrons. The summed E-state index contributed by atoms with van der Waals surface area (Å²) >= 11 is 0. The molecule has 0 saturated heterocycles. The van der Waals surface area contributed by atoms with Crippen LogP contribution in [0.3, 0.4) is 0 Å². The van der Waals surface area contributed by atoms with Gasteiger partial charge in [0.1, 0.15) is 11.6 Å². The Morgan fingerprint density at radius 3 is 2.71 bits per heavy atom. The highest BCUT2D eigenvalue weighted by Crippen LogP contribution is 2.31. The first kappa shape index (κ1) is 13.5. The van der Waals surface area contributed by atoms with Gasteiger partial charge in [0.25, 0.3) is 0 Å². The quantitative estimate of drug-likeness (QED) is 0.742. The monoisotopic (exact) mass is 281 g/mol. The summed E-state index contributed by atoms with van der Waals surface area (Å²) in [5, 5.41) is 0. The molecule has 0 aliphatic carbocycles. The van der Waals surface area contributed by atoms with Crippen molar-refractivity contribution in [1.82, 2.24) is 9.55 Å². The lowest BCUT2D eigenvalue weighted by molar-refractivity contribution is 0.415. The molecule has 0 atom stereocenters. The second-order valence-electron chi connectivity index (χ2n) is 5.03. The largest absolute Gasteiger partial charge is 0.497 e. The average molecular weight is 281 g/mol. The number of anilines is 1. The van der Waals surface area contributed by atoms with Crippen LogP contribution in [-0.4, -0.2) is 16.7 Å². The van der Waals surface area contributed by atoms with Gasteiger partial charge >= 0.3 is 0 Å². The van der Waals surface area contributed by atoms with E-state index in [1.165, 1.54) is 0 Å². The number of hydrogen-bond acceptors (Lipinski definition) is 3. The van der Waals surface area contributed by atoms with Gasteiger partial charge in [-0.25, -0.2) is 4.98 Å². The zero-order valence-electron chi connectivity index (χ0n) is 12.3. The molecule has 0 aliphatic rings. The molecule has 2 aromatic carbocycles. The lowest BCUT2D eigenvalue weighted by Crippen LogP contribution is -2.02. The predicted molar refractivity (Wildman–Crippen MR) is 86.4 cm³/mol. The van der Waals surface area contributed by atoms with Crippen molar-refractivity contribution in [3.8, 4) is 17.1 Å². The van der Waals surface area contributed by atoms with Crippen LogP contribution in [0.5, 0.6) is 5.75 Å². The highest BCUT2D eigenvalue weighted by molar-refractivity contribution is 5.84. The molecule has 0 amide bonds. The smallest absolute Gasteiger partial charge is 0.143 e. The molecule has 1 heterocycles. The van der Waals surface area contributed by atoms with Gasteiger partial charge in [0.15, 0.2) is 0 Å². The topological polar surface area (TPSA) is 53.1 Å². The molecule has 0 saturated carbocycles. The Balaban J connectivity index is 2.21. The van der Waals surface area contributed by atoms with Crippen LogP contribution in [0.4, 0.5) is 5.69 Å². The van der Waals surface area contributed by atoms with Crippen LogP contribution >= 0.6 is 0 Å². The Hall–Kier alpha value is -2.49. The first-order valence-corrected chi connectivity index (χ1v) is 7.13. The molecule has 3 rings (SSSR count). The van der Waals surface area contributed by atoms with E-state index in [-0.39, 0.29) is 0 Å². The van der Waals surface area contributed by atoms with E-state index in [2.05, 4.69) is 17.6 Å². The SMILES string of the molecule is CCCn1c(-c2ccc(OC)cc2N)nc2ccccc21. The third-order valence-electron chi connectivity index (χ3n) is 3.60. The lowest BCUT2D eigenvalue weighted by Gasteiger charge is -2.11. The maximum atomic E-state index is 6.18. The van der Waals surface area contributed by atoms with Crippen molar-refractivity contribution in [2.75, 3.05) is 12.8 Å². The van der Waals surface area contributed by atoms with Gasteiger partial charge in [-0.2, -0.15) is 0 Å². The molecule has 1 aromatic heterocycles. The molecule has 21 heavy (non-hydrogen) atoms. The third-order valence-corrected chi connectivity index (χ3v) is 3.60. The maximum absolute atomic E-state index is 6.18. The first-order valence-electron chi connectivity index (χ1n) is 7.13. The average Bonchev–Trinajstić information content (AvgIpc) is 2.86. The van der Waals surface area contributed by atoms with E-state index in [0.29, 0.717) is 5.69 Å². The van der Waals surface area contributed by atoms with Gasteiger partial charge in [-0.15, -0.1) is 0 Å². The molecule has 4 nitrogen and oxygen atoms in total. The molecule has 0 radical (unpaired) electrons. The van der Waals surface area contributed by atoms with Gasteiger partial charge in [-0.3, -0.25) is 0 Å². The molecular formula is C17H19N3O. The molecule has 0 aliphatic heterocycles. The number of para-hydroxylation sites is 2. The zero-order valence-corrected chi connectivity index (χ0v) is 12.3. The van der Waals surface area contributed by atoms with Gasteiger partial charge < -0.3 is 15.0 Å². The molecule has 0 fully saturated rings. The fraction of sp³-hybridized carbons (Fsp3) is 0.235. The van der Waals surface area contributed by atoms with E-state index < -0.39 is 0 Å². The fourth-order valence-corrected chi connectivity index (χ4v) is 2.60. The predicted octanol–water partition coefficient (Wildman–Crippen LogP) is 3.70. The van der Waals surface area contributed by atoms with E-state index in [0.717, 1.165) is 41.1 Å². The van der Waals surface area contributed by atoms with E-state index >= 15 is 0 Å². The summed E-state index contributed by atoms with van der Waals surface area (Å²) in [4.78, 5) is 4.76. The third kappa shape index (κ3) is 2.33. The number of nitrogens with zero attached hydrogens (tertiary/aromatic N) is 2. The summed E-state index contributed by atoms with van der Waals surface area (Å²) in [5.74, 6) is 1.67. The number of aryl methyl sites for hydroxylation is 1. The number of hydrogen-bond donors (Lipinski definition) is 1. The van der Waals surface area contributed by atoms with Gasteiger partial charge in [0.2, 0.25) is 0 Å². The fourth-order valence-electron chi connectivity index (χ4n) is 2.60. The number of methoxy groups -OCH3 is 1. The van der Waals surface area contributed by atoms with Crippen molar-refractivity contribution in [2.45, 2.75) is 19.9 Å². The molecule has 0 unspecified atom stereocenters. The summed E-state index contributed by atoms with van der Waals surface area (Å²) in [5.41, 5.74) is 9.95. The summed E-state index contributed by atoms with van der Waals surface area (Å²) in [6.45, 7) is 3.08. The van der Waals surface area contributed by atoms with Crippen molar-refractivity contribution in [2.24, 2.45) is 0 Å². The Kier molecular flexibility index (Phi) is 3.52. The summed E-state index contributed by atoms with van der Waals surface area (Å²) < 4.78 is 7.45. The van der Waals surface area contributed by atoms with Crippen molar-refractivity contribution < 1.29 is 4.74 Å². The van der Waals surface area contributed by atoms with Crippen molar-refractivity contribution in [1.29, 1.82) is 0 Å². The first-order chi connectivity index (χ1) is 10.2. The highest BCUT2D eigenvalue weighted by Gasteiger charge is 2.14. The minimum absolute atomic E-state index is 0.682. The van der Waals surface area contributed by atoms with Gasteiger partial charge in [-0.05, 0) is 30.7 Å². The Morgan fingerprint density at radius 2 is 2.00 bits per heavy atom. The van der Waals surface area contributed by atoms with Gasteiger partial charge in [0.05, 0.1) is 18.1 Å². The number of benzene rings is 2. The minimum Gasteiger partial charge on any atom is -0.497 e. The van der Waals surface area contributed by atoms with E-state index in [4.69, 9.17) is 15.5 Å². The number of nitrogen functional groups attached to an aromatic ring is 1. The van der Waals surface area contributed by atoms with Crippen LogP contribution < -0.4 is 10.5 Å². The van der Waals surface area contributed by atoms with Crippen LogP contribution in [0.1, 0.15) is 13.3 Å². The van der Waals surface area contributed by atoms with E-state index in [9.17, 15) is 0 Å². The van der Waals surface area contributed by atoms with E-state index in [1.54, 1.807) is 7.11 Å².